The monoisotopic (exact) mass is 520 g/mol. The van der Waals surface area contributed by atoms with E-state index >= 15 is 0 Å². The number of carbonyl (C=O) groups is 2. The molecule has 4 rings (SSSR count). The van der Waals surface area contributed by atoms with Crippen LogP contribution < -0.4 is 19.5 Å². The molecule has 2 amide bonds. The second kappa shape index (κ2) is 11.7. The van der Waals surface area contributed by atoms with Crippen LogP contribution in [0.1, 0.15) is 54.9 Å². The summed E-state index contributed by atoms with van der Waals surface area (Å²) >= 11 is 0. The zero-order valence-electron chi connectivity index (χ0n) is 20.8. The highest BCUT2D eigenvalue weighted by Gasteiger charge is 2.35. The van der Waals surface area contributed by atoms with Crippen LogP contribution in [0.25, 0.3) is 0 Å². The summed E-state index contributed by atoms with van der Waals surface area (Å²) in [6.45, 7) is 1.39. The zero-order chi connectivity index (χ0) is 26.5. The second-order valence-electron chi connectivity index (χ2n) is 9.36. The van der Waals surface area contributed by atoms with Gasteiger partial charge in [-0.3, -0.25) is 9.59 Å². The molecule has 7 nitrogen and oxygen atoms in total. The van der Waals surface area contributed by atoms with Gasteiger partial charge in [-0.25, -0.2) is 4.39 Å². The van der Waals surface area contributed by atoms with Crippen molar-refractivity contribution in [3.05, 3.63) is 53.3 Å². The first-order chi connectivity index (χ1) is 17.8. The Bertz CT molecular complexity index is 1130. The van der Waals surface area contributed by atoms with Gasteiger partial charge in [-0.2, -0.15) is 8.78 Å². The Morgan fingerprint density at radius 3 is 2.59 bits per heavy atom. The average Bonchev–Trinajstić information content (AvgIpc) is 3.59. The minimum atomic E-state index is -2.97. The molecule has 0 aromatic heterocycles. The van der Waals surface area contributed by atoms with Crippen LogP contribution in [0.3, 0.4) is 0 Å². The highest BCUT2D eigenvalue weighted by atomic mass is 19.3. The minimum absolute atomic E-state index is 0.0233. The summed E-state index contributed by atoms with van der Waals surface area (Å²) in [5.74, 6) is -0.820. The zero-order valence-corrected chi connectivity index (χ0v) is 20.8. The fraction of sp³-hybridized carbons (Fsp3) is 0.481. The fourth-order valence-electron chi connectivity index (χ4n) is 4.60. The highest BCUT2D eigenvalue weighted by molar-refractivity contribution is 5.97. The van der Waals surface area contributed by atoms with E-state index in [0.29, 0.717) is 25.5 Å². The van der Waals surface area contributed by atoms with Crippen molar-refractivity contribution in [3.63, 3.8) is 0 Å². The Kier molecular flexibility index (Phi) is 8.45. The summed E-state index contributed by atoms with van der Waals surface area (Å²) < 4.78 is 55.7. The molecule has 0 bridgehead atoms. The van der Waals surface area contributed by atoms with Gasteiger partial charge in [0.15, 0.2) is 23.1 Å². The number of nitrogens with zero attached hydrogens (tertiary/aromatic N) is 1. The maximum absolute atomic E-state index is 14.2. The molecular formula is C27H31F3N2O5. The first kappa shape index (κ1) is 26.6. The number of para-hydroxylation sites is 1. The van der Waals surface area contributed by atoms with Crippen LogP contribution in [0.5, 0.6) is 17.2 Å². The molecule has 2 aromatic rings. The molecule has 10 heteroatoms. The van der Waals surface area contributed by atoms with Crippen LogP contribution in [0.15, 0.2) is 36.4 Å². The third-order valence-corrected chi connectivity index (χ3v) is 6.64. The molecule has 2 atom stereocenters. The molecule has 1 unspecified atom stereocenters. The van der Waals surface area contributed by atoms with Gasteiger partial charge in [-0.1, -0.05) is 12.1 Å². The summed E-state index contributed by atoms with van der Waals surface area (Å²) in [7, 11) is 0. The van der Waals surface area contributed by atoms with Gasteiger partial charge in [0.05, 0.1) is 18.8 Å². The Labute approximate surface area is 213 Å². The Hall–Kier alpha value is -3.43. The van der Waals surface area contributed by atoms with Crippen LogP contribution in [-0.4, -0.2) is 55.7 Å². The molecule has 1 aliphatic carbocycles. The molecule has 1 heterocycles. The van der Waals surface area contributed by atoms with Crippen molar-refractivity contribution < 1.29 is 37.0 Å². The minimum Gasteiger partial charge on any atom is -0.490 e. The van der Waals surface area contributed by atoms with E-state index in [1.165, 1.54) is 31.2 Å². The molecule has 2 aliphatic rings. The van der Waals surface area contributed by atoms with Gasteiger partial charge in [0.25, 0.3) is 5.91 Å². The molecule has 2 aromatic carbocycles. The van der Waals surface area contributed by atoms with Crippen molar-refractivity contribution in [1.29, 1.82) is 0 Å². The topological polar surface area (TPSA) is 77.1 Å². The lowest BCUT2D eigenvalue weighted by molar-refractivity contribution is -0.129. The molecule has 2 fully saturated rings. The van der Waals surface area contributed by atoms with E-state index in [2.05, 4.69) is 10.1 Å². The Balaban J connectivity index is 1.47. The van der Waals surface area contributed by atoms with Crippen LogP contribution in [0.2, 0.25) is 0 Å². The molecule has 1 saturated heterocycles. The average molecular weight is 521 g/mol. The van der Waals surface area contributed by atoms with Crippen LogP contribution in [0.4, 0.5) is 13.2 Å². The number of halogens is 3. The number of amides is 2. The van der Waals surface area contributed by atoms with Crippen LogP contribution >= 0.6 is 0 Å². The van der Waals surface area contributed by atoms with Gasteiger partial charge in [-0.15, -0.1) is 0 Å². The van der Waals surface area contributed by atoms with Gasteiger partial charge in [0, 0.05) is 32.0 Å². The smallest absolute Gasteiger partial charge is 0.387 e. The third kappa shape index (κ3) is 6.67. The second-order valence-corrected chi connectivity index (χ2v) is 9.36. The largest absolute Gasteiger partial charge is 0.490 e. The molecule has 1 aliphatic heterocycles. The van der Waals surface area contributed by atoms with Gasteiger partial charge in [-0.05, 0) is 61.9 Å². The first-order valence-electron chi connectivity index (χ1n) is 12.4. The fourth-order valence-corrected chi connectivity index (χ4v) is 4.60. The molecule has 0 spiro atoms. The number of alkyl halides is 2. The lowest BCUT2D eigenvalue weighted by atomic mass is 9.96. The van der Waals surface area contributed by atoms with E-state index in [4.69, 9.17) is 9.47 Å². The Morgan fingerprint density at radius 2 is 1.92 bits per heavy atom. The van der Waals surface area contributed by atoms with Crippen molar-refractivity contribution in [2.24, 2.45) is 5.92 Å². The van der Waals surface area contributed by atoms with Crippen LogP contribution in [0, 0.1) is 11.7 Å². The van der Waals surface area contributed by atoms with Gasteiger partial charge in [0.1, 0.15) is 0 Å². The van der Waals surface area contributed by atoms with Gasteiger partial charge >= 0.3 is 6.61 Å². The highest BCUT2D eigenvalue weighted by Crippen LogP contribution is 2.39. The molecular weight excluding hydrogens is 489 g/mol. The SMILES string of the molecule is CCOc1c(F)cccc1C(=O)NC[C@H]1CC(c2ccc(OC(F)F)c(OCC3CC3)c2)CN1C(C)=O. The third-order valence-electron chi connectivity index (χ3n) is 6.64. The standard InChI is InChI=1S/C27H31F3N2O5/c1-3-35-25-21(5-4-6-22(25)28)26(34)31-13-20-11-19(14-32(20)16(2)33)18-9-10-23(37-27(29)30)24(12-18)36-15-17-7-8-17/h4-6,9-10,12,17,19-20,27H,3,7-8,11,13-15H2,1-2H3,(H,31,34)/t19?,20-/m1/s1. The number of benzene rings is 2. The summed E-state index contributed by atoms with van der Waals surface area (Å²) in [5, 5.41) is 2.80. The van der Waals surface area contributed by atoms with E-state index < -0.39 is 18.3 Å². The molecule has 200 valence electrons. The molecule has 1 saturated carbocycles. The Morgan fingerprint density at radius 1 is 1.14 bits per heavy atom. The number of likely N-dealkylation sites (tertiary alicyclic amines) is 1. The molecule has 0 radical (unpaired) electrons. The number of ether oxygens (including phenoxy) is 3. The van der Waals surface area contributed by atoms with E-state index in [9.17, 15) is 22.8 Å². The number of carbonyl (C=O) groups excluding carboxylic acids is 2. The summed E-state index contributed by atoms with van der Waals surface area (Å²) in [6, 6.07) is 8.71. The quantitative estimate of drug-likeness (QED) is 0.463. The van der Waals surface area contributed by atoms with Crippen molar-refractivity contribution in [2.45, 2.75) is 51.7 Å². The number of rotatable bonds is 11. The van der Waals surface area contributed by atoms with Gasteiger partial charge < -0.3 is 24.4 Å². The maximum Gasteiger partial charge on any atom is 0.387 e. The van der Waals surface area contributed by atoms with Crippen molar-refractivity contribution in [3.8, 4) is 17.2 Å². The predicted octanol–water partition coefficient (Wildman–Crippen LogP) is 4.75. The van der Waals surface area contributed by atoms with Crippen molar-refractivity contribution >= 4 is 11.8 Å². The first-order valence-corrected chi connectivity index (χ1v) is 12.4. The number of nitrogens with one attached hydrogen (secondary N) is 1. The van der Waals surface area contributed by atoms with E-state index in [1.807, 2.05) is 0 Å². The summed E-state index contributed by atoms with van der Waals surface area (Å²) in [5.41, 5.74) is 0.911. The lowest BCUT2D eigenvalue weighted by Gasteiger charge is -2.23. The van der Waals surface area contributed by atoms with E-state index in [1.54, 1.807) is 24.0 Å². The molecule has 1 N–H and O–H groups in total. The number of hydrogen-bond acceptors (Lipinski definition) is 5. The predicted molar refractivity (Wildman–Crippen MR) is 130 cm³/mol. The summed E-state index contributed by atoms with van der Waals surface area (Å²) in [6.07, 6.45) is 2.64. The molecule has 37 heavy (non-hydrogen) atoms. The van der Waals surface area contributed by atoms with E-state index in [0.717, 1.165) is 18.4 Å². The lowest BCUT2D eigenvalue weighted by Crippen LogP contribution is -2.42. The van der Waals surface area contributed by atoms with Crippen LogP contribution in [-0.2, 0) is 4.79 Å². The van der Waals surface area contributed by atoms with Crippen molar-refractivity contribution in [2.75, 3.05) is 26.3 Å². The number of hydrogen-bond donors (Lipinski definition) is 1. The maximum atomic E-state index is 14.2. The summed E-state index contributed by atoms with van der Waals surface area (Å²) in [4.78, 5) is 26.9. The van der Waals surface area contributed by atoms with Gasteiger partial charge in [0.2, 0.25) is 5.91 Å². The van der Waals surface area contributed by atoms with Crippen molar-refractivity contribution in [1.82, 2.24) is 10.2 Å². The normalized spacial score (nSPS) is 19.1. The van der Waals surface area contributed by atoms with E-state index in [-0.39, 0.29) is 53.8 Å².